The Labute approximate surface area is 271 Å². The summed E-state index contributed by atoms with van der Waals surface area (Å²) < 4.78 is 10.5. The van der Waals surface area contributed by atoms with Crippen molar-refractivity contribution < 1.29 is 23.9 Å². The van der Waals surface area contributed by atoms with Crippen LogP contribution in [0.15, 0.2) is 24.3 Å². The molecule has 1 saturated heterocycles. The lowest BCUT2D eigenvalue weighted by atomic mass is 9.92. The van der Waals surface area contributed by atoms with Gasteiger partial charge in [-0.05, 0) is 64.2 Å². The van der Waals surface area contributed by atoms with Crippen molar-refractivity contribution in [1.29, 1.82) is 0 Å². The van der Waals surface area contributed by atoms with E-state index >= 15 is 0 Å². The fourth-order valence-electron chi connectivity index (χ4n) is 5.54. The highest BCUT2D eigenvalue weighted by molar-refractivity contribution is 6.41. The lowest BCUT2D eigenvalue weighted by Crippen LogP contribution is -2.32. The molecule has 5 heteroatoms. The van der Waals surface area contributed by atoms with Gasteiger partial charge in [-0.15, -0.1) is 0 Å². The Morgan fingerprint density at radius 3 is 1.48 bits per heavy atom. The first kappa shape index (κ1) is 40.3. The van der Waals surface area contributed by atoms with Gasteiger partial charge in [-0.2, -0.15) is 0 Å². The van der Waals surface area contributed by atoms with Gasteiger partial charge in [0.1, 0.15) is 18.6 Å². The first-order valence-electron chi connectivity index (χ1n) is 18.7. The van der Waals surface area contributed by atoms with E-state index in [4.69, 9.17) is 9.47 Å². The summed E-state index contributed by atoms with van der Waals surface area (Å²) in [5.41, 5.74) is 0. The minimum Gasteiger partial charge on any atom is -0.462 e. The smallest absolute Gasteiger partial charge is 0.317 e. The number of Topliss-reactive ketones (excluding diaryl/α,β-unsaturated/α-hetero) is 2. The molecule has 254 valence electrons. The molecular formula is C39H68O5. The Morgan fingerprint density at radius 1 is 0.614 bits per heavy atom. The Bertz CT molecular complexity index is 766. The zero-order valence-electron chi connectivity index (χ0n) is 28.8. The van der Waals surface area contributed by atoms with Crippen molar-refractivity contribution in [2.45, 2.75) is 187 Å². The Balaban J connectivity index is 2.19. The van der Waals surface area contributed by atoms with Gasteiger partial charge in [0.25, 0.3) is 0 Å². The van der Waals surface area contributed by atoms with Crippen molar-refractivity contribution in [3.63, 3.8) is 0 Å². The van der Waals surface area contributed by atoms with Crippen molar-refractivity contribution in [1.82, 2.24) is 0 Å². The molecule has 44 heavy (non-hydrogen) atoms. The number of ketones is 2. The summed E-state index contributed by atoms with van der Waals surface area (Å²) in [6.07, 6.45) is 38.0. The largest absolute Gasteiger partial charge is 0.462 e. The van der Waals surface area contributed by atoms with Crippen LogP contribution in [0.25, 0.3) is 0 Å². The van der Waals surface area contributed by atoms with E-state index in [1.54, 1.807) is 0 Å². The number of rotatable bonds is 33. The molecule has 0 amide bonds. The molecule has 0 aromatic carbocycles. The van der Waals surface area contributed by atoms with Gasteiger partial charge in [-0.25, -0.2) is 0 Å². The number of carbonyl (C=O) groups excluding carboxylic acids is 3. The van der Waals surface area contributed by atoms with Crippen LogP contribution in [-0.2, 0) is 23.9 Å². The molecule has 1 heterocycles. The van der Waals surface area contributed by atoms with Gasteiger partial charge in [0.05, 0.1) is 6.61 Å². The molecule has 2 atom stereocenters. The summed E-state index contributed by atoms with van der Waals surface area (Å²) in [5.74, 6) is -2.48. The van der Waals surface area contributed by atoms with Gasteiger partial charge in [0.2, 0.25) is 5.78 Å². The highest BCUT2D eigenvalue weighted by Crippen LogP contribution is 2.19. The standard InChI is InChI=1S/C39H68O5/c1-3-5-7-9-11-13-15-17-19-21-23-25-27-29-31-36(39(42)44-34-35-33-43-35)38(41)37(40)32-30-28-26-24-22-20-18-16-14-12-10-8-6-4-2/h17-20,35-36H,3-16,21-34H2,1-2H3/b19-17-,20-18-. The number of esters is 1. The van der Waals surface area contributed by atoms with E-state index in [0.717, 1.165) is 57.8 Å². The summed E-state index contributed by atoms with van der Waals surface area (Å²) in [4.78, 5) is 38.4. The van der Waals surface area contributed by atoms with Crippen LogP contribution in [0.5, 0.6) is 0 Å². The van der Waals surface area contributed by atoms with Crippen molar-refractivity contribution in [3.8, 4) is 0 Å². The molecule has 0 radical (unpaired) electrons. The maximum atomic E-state index is 13.0. The predicted molar refractivity (Wildman–Crippen MR) is 184 cm³/mol. The van der Waals surface area contributed by atoms with E-state index in [9.17, 15) is 14.4 Å². The van der Waals surface area contributed by atoms with E-state index in [0.29, 0.717) is 19.4 Å². The number of carbonyl (C=O) groups is 3. The Morgan fingerprint density at radius 2 is 1.02 bits per heavy atom. The van der Waals surface area contributed by atoms with Gasteiger partial charge in [0, 0.05) is 6.42 Å². The molecule has 0 spiro atoms. The van der Waals surface area contributed by atoms with Crippen LogP contribution in [0.4, 0.5) is 0 Å². The van der Waals surface area contributed by atoms with E-state index in [-0.39, 0.29) is 19.1 Å². The number of hydrogen-bond donors (Lipinski definition) is 0. The molecule has 1 aliphatic heterocycles. The van der Waals surface area contributed by atoms with Gasteiger partial charge in [-0.1, -0.05) is 134 Å². The third-order valence-electron chi connectivity index (χ3n) is 8.61. The highest BCUT2D eigenvalue weighted by Gasteiger charge is 2.33. The van der Waals surface area contributed by atoms with Crippen LogP contribution < -0.4 is 0 Å². The lowest BCUT2D eigenvalue weighted by molar-refractivity contribution is -0.155. The topological polar surface area (TPSA) is 73.0 Å². The van der Waals surface area contributed by atoms with Crippen LogP contribution in [-0.4, -0.2) is 36.9 Å². The summed E-state index contributed by atoms with van der Waals surface area (Å²) >= 11 is 0. The van der Waals surface area contributed by atoms with E-state index < -0.39 is 23.5 Å². The fourth-order valence-corrected chi connectivity index (χ4v) is 5.54. The van der Waals surface area contributed by atoms with E-state index in [2.05, 4.69) is 38.2 Å². The molecule has 0 saturated carbocycles. The van der Waals surface area contributed by atoms with Gasteiger partial charge >= 0.3 is 5.97 Å². The van der Waals surface area contributed by atoms with E-state index in [1.165, 1.54) is 89.9 Å². The molecule has 1 aliphatic rings. The maximum Gasteiger partial charge on any atom is 0.317 e. The van der Waals surface area contributed by atoms with Crippen molar-refractivity contribution in [2.24, 2.45) is 5.92 Å². The summed E-state index contributed by atoms with van der Waals surface area (Å²) in [5, 5.41) is 0. The van der Waals surface area contributed by atoms with Crippen LogP contribution in [0.1, 0.15) is 181 Å². The second kappa shape index (κ2) is 29.9. The Kier molecular flexibility index (Phi) is 27.4. The number of unbranched alkanes of at least 4 members (excludes halogenated alkanes) is 20. The number of ether oxygens (including phenoxy) is 2. The van der Waals surface area contributed by atoms with Crippen molar-refractivity contribution in [2.75, 3.05) is 13.2 Å². The molecule has 1 rings (SSSR count). The van der Waals surface area contributed by atoms with Gasteiger partial charge < -0.3 is 9.47 Å². The number of epoxide rings is 1. The summed E-state index contributed by atoms with van der Waals surface area (Å²) in [6, 6.07) is 0. The zero-order valence-corrected chi connectivity index (χ0v) is 28.8. The fraction of sp³-hybridized carbons (Fsp3) is 0.821. The third-order valence-corrected chi connectivity index (χ3v) is 8.61. The molecule has 0 aliphatic carbocycles. The van der Waals surface area contributed by atoms with E-state index in [1.807, 2.05) is 0 Å². The molecular weight excluding hydrogens is 548 g/mol. The minimum absolute atomic E-state index is 0.0510. The molecule has 2 unspecified atom stereocenters. The maximum absolute atomic E-state index is 13.0. The van der Waals surface area contributed by atoms with Crippen molar-refractivity contribution in [3.05, 3.63) is 24.3 Å². The normalized spacial score (nSPS) is 15.3. The quantitative estimate of drug-likeness (QED) is 0.0183. The van der Waals surface area contributed by atoms with Crippen LogP contribution in [0.3, 0.4) is 0 Å². The monoisotopic (exact) mass is 617 g/mol. The van der Waals surface area contributed by atoms with Gasteiger partial charge in [-0.3, -0.25) is 14.4 Å². The SMILES string of the molecule is CCCCCCCC/C=C\CCCCCCC(=O)C(=O)C(CCCCCC/C=C\CCCCCCCC)C(=O)OCC1CO1. The minimum atomic E-state index is -0.963. The first-order valence-corrected chi connectivity index (χ1v) is 18.7. The van der Waals surface area contributed by atoms with Gasteiger partial charge in [0.15, 0.2) is 5.78 Å². The molecule has 0 aromatic rings. The summed E-state index contributed by atoms with van der Waals surface area (Å²) in [6.45, 7) is 5.27. The molecule has 0 bridgehead atoms. The number of allylic oxidation sites excluding steroid dienone is 4. The Hall–Kier alpha value is -1.75. The molecule has 0 N–H and O–H groups in total. The first-order chi connectivity index (χ1) is 21.6. The second-order valence-corrected chi connectivity index (χ2v) is 12.9. The second-order valence-electron chi connectivity index (χ2n) is 12.9. The summed E-state index contributed by atoms with van der Waals surface area (Å²) in [7, 11) is 0. The average molecular weight is 617 g/mol. The predicted octanol–water partition coefficient (Wildman–Crippen LogP) is 11.0. The number of hydrogen-bond acceptors (Lipinski definition) is 5. The highest BCUT2D eigenvalue weighted by atomic mass is 16.6. The molecule has 0 aromatic heterocycles. The average Bonchev–Trinajstić information content (AvgIpc) is 3.86. The zero-order chi connectivity index (χ0) is 31.9. The third kappa shape index (κ3) is 24.6. The molecule has 5 nitrogen and oxygen atoms in total. The van der Waals surface area contributed by atoms with Crippen LogP contribution >= 0.6 is 0 Å². The van der Waals surface area contributed by atoms with Crippen LogP contribution in [0.2, 0.25) is 0 Å². The lowest BCUT2D eigenvalue weighted by Gasteiger charge is -2.14. The van der Waals surface area contributed by atoms with Crippen LogP contribution in [0, 0.1) is 5.92 Å². The van der Waals surface area contributed by atoms with Crippen molar-refractivity contribution >= 4 is 17.5 Å². The molecule has 1 fully saturated rings.